The second-order valence-corrected chi connectivity index (χ2v) is 8.00. The molecule has 4 aromatic rings. The molecule has 0 spiro atoms. The zero-order valence-electron chi connectivity index (χ0n) is 19.9. The van der Waals surface area contributed by atoms with E-state index in [4.69, 9.17) is 18.9 Å². The fraction of sp³-hybridized carbons (Fsp3) is 0.103. The molecule has 2 N–H and O–H groups in total. The highest BCUT2D eigenvalue weighted by molar-refractivity contribution is 5.92. The number of hydrogen-bond donors (Lipinski definition) is 2. The van der Waals surface area contributed by atoms with E-state index in [0.29, 0.717) is 22.6 Å². The number of hydrogen-bond acceptors (Lipinski definition) is 8. The van der Waals surface area contributed by atoms with Crippen LogP contribution in [-0.2, 0) is 0 Å². The highest BCUT2D eigenvalue weighted by atomic mass is 16.5. The van der Waals surface area contributed by atoms with Gasteiger partial charge in [0.05, 0.1) is 11.1 Å². The molecule has 0 saturated carbocycles. The molecule has 0 heterocycles. The topological polar surface area (TPSA) is 112 Å². The van der Waals surface area contributed by atoms with Crippen LogP contribution in [0.1, 0.15) is 27.6 Å². The summed E-state index contributed by atoms with van der Waals surface area (Å²) in [6.07, 6.45) is -0.315. The minimum absolute atomic E-state index is 0.0824. The minimum atomic E-state index is -0.600. The van der Waals surface area contributed by atoms with Crippen molar-refractivity contribution in [1.29, 1.82) is 0 Å². The van der Waals surface area contributed by atoms with Gasteiger partial charge in [0.15, 0.2) is 23.0 Å². The molecule has 4 aromatic carbocycles. The molecule has 0 aliphatic rings. The molecule has 0 radical (unpaired) electrons. The van der Waals surface area contributed by atoms with Gasteiger partial charge in [0.25, 0.3) is 0 Å². The molecular formula is C29H24O8. The van der Waals surface area contributed by atoms with Gasteiger partial charge in [-0.05, 0) is 79.7 Å². The fourth-order valence-electron chi connectivity index (χ4n) is 3.24. The SMILES string of the molecule is CC(COc1ccc(C(=O)Oc2ccccc2O)cc1)Oc1ccc(C(=O)Oc2ccccc2O)cc1. The average Bonchev–Trinajstić information content (AvgIpc) is 2.91. The van der Waals surface area contributed by atoms with Crippen LogP contribution in [0.25, 0.3) is 0 Å². The summed E-state index contributed by atoms with van der Waals surface area (Å²) >= 11 is 0. The van der Waals surface area contributed by atoms with E-state index in [9.17, 15) is 19.8 Å². The average molecular weight is 501 g/mol. The number of esters is 2. The minimum Gasteiger partial charge on any atom is -0.504 e. The van der Waals surface area contributed by atoms with Crippen molar-refractivity contribution in [1.82, 2.24) is 0 Å². The van der Waals surface area contributed by atoms with Gasteiger partial charge in [-0.25, -0.2) is 9.59 Å². The number of carbonyl (C=O) groups excluding carboxylic acids is 2. The van der Waals surface area contributed by atoms with Gasteiger partial charge in [-0.15, -0.1) is 0 Å². The molecule has 8 nitrogen and oxygen atoms in total. The molecule has 1 atom stereocenters. The Balaban J connectivity index is 1.25. The van der Waals surface area contributed by atoms with E-state index in [2.05, 4.69) is 0 Å². The quantitative estimate of drug-likeness (QED) is 0.233. The van der Waals surface area contributed by atoms with E-state index in [1.165, 1.54) is 24.3 Å². The first-order valence-corrected chi connectivity index (χ1v) is 11.4. The van der Waals surface area contributed by atoms with Crippen molar-refractivity contribution in [2.45, 2.75) is 13.0 Å². The largest absolute Gasteiger partial charge is 0.504 e. The van der Waals surface area contributed by atoms with E-state index in [1.54, 1.807) is 72.8 Å². The van der Waals surface area contributed by atoms with Crippen molar-refractivity contribution >= 4 is 11.9 Å². The van der Waals surface area contributed by atoms with Gasteiger partial charge in [0, 0.05) is 0 Å². The van der Waals surface area contributed by atoms with Crippen LogP contribution in [0.5, 0.6) is 34.5 Å². The summed E-state index contributed by atoms with van der Waals surface area (Å²) in [4.78, 5) is 24.6. The maximum absolute atomic E-state index is 12.3. The molecule has 37 heavy (non-hydrogen) atoms. The van der Waals surface area contributed by atoms with Crippen LogP contribution >= 0.6 is 0 Å². The zero-order chi connectivity index (χ0) is 26.2. The van der Waals surface area contributed by atoms with Crippen LogP contribution < -0.4 is 18.9 Å². The molecule has 0 amide bonds. The molecule has 0 aliphatic heterocycles. The van der Waals surface area contributed by atoms with Crippen molar-refractivity contribution in [3.8, 4) is 34.5 Å². The molecule has 0 fully saturated rings. The number of rotatable bonds is 9. The molecule has 0 bridgehead atoms. The van der Waals surface area contributed by atoms with Gasteiger partial charge < -0.3 is 29.2 Å². The molecular weight excluding hydrogens is 476 g/mol. The van der Waals surface area contributed by atoms with Crippen molar-refractivity contribution in [3.05, 3.63) is 108 Å². The van der Waals surface area contributed by atoms with Gasteiger partial charge in [-0.1, -0.05) is 24.3 Å². The number of ether oxygens (including phenoxy) is 4. The number of phenolic OH excluding ortho intramolecular Hbond substituents is 2. The molecule has 188 valence electrons. The van der Waals surface area contributed by atoms with Crippen LogP contribution in [0.15, 0.2) is 97.1 Å². The number of aromatic hydroxyl groups is 2. The summed E-state index contributed by atoms with van der Waals surface area (Å²) in [6.45, 7) is 2.07. The third kappa shape index (κ3) is 6.79. The van der Waals surface area contributed by atoms with Crippen molar-refractivity contribution in [3.63, 3.8) is 0 Å². The fourth-order valence-corrected chi connectivity index (χ4v) is 3.24. The van der Waals surface area contributed by atoms with Crippen LogP contribution in [0.2, 0.25) is 0 Å². The van der Waals surface area contributed by atoms with Gasteiger partial charge in [0.2, 0.25) is 0 Å². The zero-order valence-corrected chi connectivity index (χ0v) is 19.9. The Hall–Kier alpha value is -4.98. The molecule has 0 aliphatic carbocycles. The summed E-state index contributed by atoms with van der Waals surface area (Å²) in [6, 6.07) is 25.3. The molecule has 0 aromatic heterocycles. The van der Waals surface area contributed by atoms with Gasteiger partial charge in [-0.2, -0.15) is 0 Å². The second kappa shape index (κ2) is 11.6. The summed E-state index contributed by atoms with van der Waals surface area (Å²) in [5, 5.41) is 19.5. The number of benzene rings is 4. The van der Waals surface area contributed by atoms with Crippen molar-refractivity contribution in [2.24, 2.45) is 0 Å². The van der Waals surface area contributed by atoms with E-state index < -0.39 is 11.9 Å². The predicted octanol–water partition coefficient (Wildman–Crippen LogP) is 5.38. The van der Waals surface area contributed by atoms with Crippen molar-refractivity contribution in [2.75, 3.05) is 6.61 Å². The lowest BCUT2D eigenvalue weighted by molar-refractivity contribution is 0.0720. The molecule has 8 heteroatoms. The first-order chi connectivity index (χ1) is 17.9. The van der Waals surface area contributed by atoms with Gasteiger partial charge in [0.1, 0.15) is 24.2 Å². The molecule has 1 unspecified atom stereocenters. The normalized spacial score (nSPS) is 11.3. The summed E-state index contributed by atoms with van der Waals surface area (Å²) in [5.41, 5.74) is 0.613. The first-order valence-electron chi connectivity index (χ1n) is 11.4. The Labute approximate surface area is 213 Å². The van der Waals surface area contributed by atoms with E-state index in [0.717, 1.165) is 0 Å². The predicted molar refractivity (Wildman–Crippen MR) is 135 cm³/mol. The van der Waals surface area contributed by atoms with Crippen LogP contribution in [0, 0.1) is 0 Å². The Morgan fingerprint density at radius 1 is 0.649 bits per heavy atom. The van der Waals surface area contributed by atoms with Gasteiger partial charge >= 0.3 is 11.9 Å². The van der Waals surface area contributed by atoms with Gasteiger partial charge in [-0.3, -0.25) is 0 Å². The third-order valence-electron chi connectivity index (χ3n) is 5.14. The Bertz CT molecular complexity index is 1360. The maximum atomic E-state index is 12.3. The lowest BCUT2D eigenvalue weighted by Crippen LogP contribution is -2.21. The lowest BCUT2D eigenvalue weighted by Gasteiger charge is -2.16. The molecule has 4 rings (SSSR count). The Kier molecular flexibility index (Phi) is 7.90. The summed E-state index contributed by atoms with van der Waals surface area (Å²) < 4.78 is 22.0. The smallest absolute Gasteiger partial charge is 0.343 e. The highest BCUT2D eigenvalue weighted by Gasteiger charge is 2.14. The lowest BCUT2D eigenvalue weighted by atomic mass is 10.2. The number of phenols is 2. The first kappa shape index (κ1) is 25.1. The maximum Gasteiger partial charge on any atom is 0.343 e. The highest BCUT2D eigenvalue weighted by Crippen LogP contribution is 2.27. The van der Waals surface area contributed by atoms with E-state index in [-0.39, 0.29) is 35.7 Å². The monoisotopic (exact) mass is 500 g/mol. The van der Waals surface area contributed by atoms with Crippen LogP contribution in [0.3, 0.4) is 0 Å². The van der Waals surface area contributed by atoms with E-state index in [1.807, 2.05) is 6.92 Å². The number of carbonyl (C=O) groups is 2. The Morgan fingerprint density at radius 2 is 1.08 bits per heavy atom. The third-order valence-corrected chi connectivity index (χ3v) is 5.14. The molecule has 0 saturated heterocycles. The summed E-state index contributed by atoms with van der Waals surface area (Å²) in [5.74, 6) is -0.194. The number of para-hydroxylation sites is 4. The Morgan fingerprint density at radius 3 is 1.54 bits per heavy atom. The van der Waals surface area contributed by atoms with Crippen LogP contribution in [-0.4, -0.2) is 34.9 Å². The van der Waals surface area contributed by atoms with Crippen LogP contribution in [0.4, 0.5) is 0 Å². The van der Waals surface area contributed by atoms with Crippen molar-refractivity contribution < 1.29 is 38.7 Å². The second-order valence-electron chi connectivity index (χ2n) is 8.00. The standard InChI is InChI=1S/C29H24O8/c1-19(35-23-16-12-21(13-17-23)29(33)37-27-9-5-3-7-25(27)31)18-34-22-14-10-20(11-15-22)28(32)36-26-8-4-2-6-24(26)30/h2-17,19,30-31H,18H2,1H3. The summed E-state index contributed by atoms with van der Waals surface area (Å²) in [7, 11) is 0. The van der Waals surface area contributed by atoms with E-state index >= 15 is 0 Å².